The Labute approximate surface area is 297 Å². The number of hydrogen-bond donors (Lipinski definition) is 7. The quantitative estimate of drug-likeness (QED) is 0.212. The Morgan fingerprint density at radius 2 is 0.755 bits per heavy atom. The van der Waals surface area contributed by atoms with Crippen molar-refractivity contribution in [1.82, 2.24) is 5.32 Å². The summed E-state index contributed by atoms with van der Waals surface area (Å²) in [6, 6.07) is -0.485. The summed E-state index contributed by atoms with van der Waals surface area (Å²) in [5.41, 5.74) is 13.7. The predicted octanol–water partition coefficient (Wildman–Crippen LogP) is 5.21. The van der Waals surface area contributed by atoms with E-state index in [0.29, 0.717) is 47.3 Å². The summed E-state index contributed by atoms with van der Waals surface area (Å²) in [5, 5.41) is 51.3. The van der Waals surface area contributed by atoms with Gasteiger partial charge in [0.25, 0.3) is 0 Å². The maximum atomic E-state index is 12.2. The lowest BCUT2D eigenvalue weighted by atomic mass is 9.56. The molecule has 49 heavy (non-hydrogen) atoms. The highest BCUT2D eigenvalue weighted by molar-refractivity contribution is 5.23. The van der Waals surface area contributed by atoms with Crippen LogP contribution in [0.4, 0.5) is 0 Å². The van der Waals surface area contributed by atoms with E-state index in [0.717, 1.165) is 77.0 Å². The van der Waals surface area contributed by atoms with E-state index in [-0.39, 0.29) is 56.7 Å². The van der Waals surface area contributed by atoms with Crippen LogP contribution in [0.2, 0.25) is 0 Å². The number of fused-ring (bicyclic) bond motifs is 8. The Hall–Kier alpha value is -0.280. The molecule has 9 N–H and O–H groups in total. The minimum Gasteiger partial charge on any atom is -0.392 e. The smallest absolute Gasteiger partial charge is 0.0696 e. The molecule has 18 unspecified atom stereocenters. The average Bonchev–Trinajstić information content (AvgIpc) is 3.52. The molecule has 2 spiro atoms. The van der Waals surface area contributed by atoms with Crippen LogP contribution in [0.5, 0.6) is 0 Å². The van der Waals surface area contributed by atoms with Gasteiger partial charge in [-0.25, -0.2) is 0 Å². The van der Waals surface area contributed by atoms with Crippen LogP contribution in [0.1, 0.15) is 132 Å². The number of hydrogen-bond acceptors (Lipinski definition) is 7. The van der Waals surface area contributed by atoms with Crippen molar-refractivity contribution in [2.24, 2.45) is 91.3 Å². The fraction of sp³-hybridized carbons (Fsp3) is 1.00. The Kier molecular flexibility index (Phi) is 8.12. The van der Waals surface area contributed by atoms with Crippen molar-refractivity contribution in [3.8, 4) is 0 Å². The van der Waals surface area contributed by atoms with Gasteiger partial charge in [-0.1, -0.05) is 55.4 Å². The van der Waals surface area contributed by atoms with Crippen molar-refractivity contribution < 1.29 is 20.4 Å². The van der Waals surface area contributed by atoms with Gasteiger partial charge in [-0.2, -0.15) is 0 Å². The summed E-state index contributed by atoms with van der Waals surface area (Å²) in [5.74, 6) is 3.31. The van der Waals surface area contributed by atoms with E-state index in [2.05, 4.69) is 60.7 Å². The molecule has 280 valence electrons. The molecule has 18 atom stereocenters. The number of nitrogens with two attached hydrogens (primary N) is 2. The van der Waals surface area contributed by atoms with Gasteiger partial charge in [0, 0.05) is 24.2 Å². The van der Waals surface area contributed by atoms with Gasteiger partial charge < -0.3 is 37.2 Å². The first-order chi connectivity index (χ1) is 22.7. The fourth-order valence-corrected chi connectivity index (χ4v) is 17.3. The Bertz CT molecular complexity index is 1200. The topological polar surface area (TPSA) is 145 Å². The summed E-state index contributed by atoms with van der Waals surface area (Å²) in [7, 11) is 0. The molecule has 8 rings (SSSR count). The van der Waals surface area contributed by atoms with Gasteiger partial charge in [0.05, 0.1) is 24.4 Å². The molecule has 8 aliphatic rings. The predicted molar refractivity (Wildman–Crippen MR) is 194 cm³/mol. The molecule has 0 aliphatic heterocycles. The summed E-state index contributed by atoms with van der Waals surface area (Å²) in [4.78, 5) is 0. The maximum absolute atomic E-state index is 12.2. The molecule has 0 aromatic heterocycles. The SMILES string of the molecule is CC1(C)CC2(CC(C)(C)C3CCC(O)C(NC4C(O)CCC5C4C4(CC(C)(C)C6CC(N)C(O)CC64)CC5(C)C)C32)C2CC(O)C(N)CC21. The zero-order chi connectivity index (χ0) is 35.4. The molecule has 0 aromatic carbocycles. The highest BCUT2D eigenvalue weighted by atomic mass is 16.3. The third-order valence-corrected chi connectivity index (χ3v) is 18.4. The van der Waals surface area contributed by atoms with Crippen LogP contribution in [0, 0.1) is 79.8 Å². The van der Waals surface area contributed by atoms with Crippen molar-refractivity contribution >= 4 is 0 Å². The average molecular weight is 684 g/mol. The monoisotopic (exact) mass is 684 g/mol. The van der Waals surface area contributed by atoms with Crippen LogP contribution in [-0.4, -0.2) is 69.0 Å². The van der Waals surface area contributed by atoms with E-state index < -0.39 is 24.4 Å². The number of aliphatic hydroxyl groups is 4. The largest absolute Gasteiger partial charge is 0.392 e. The number of aliphatic hydroxyl groups excluding tert-OH is 4. The molecule has 0 aromatic rings. The van der Waals surface area contributed by atoms with E-state index >= 15 is 0 Å². The Morgan fingerprint density at radius 3 is 1.10 bits per heavy atom. The fourth-order valence-electron chi connectivity index (χ4n) is 17.3. The second-order valence-electron chi connectivity index (χ2n) is 22.7. The van der Waals surface area contributed by atoms with Crippen LogP contribution in [0.3, 0.4) is 0 Å². The van der Waals surface area contributed by atoms with E-state index in [1.807, 2.05) is 0 Å². The lowest BCUT2D eigenvalue weighted by Gasteiger charge is -2.55. The van der Waals surface area contributed by atoms with Gasteiger partial charge in [-0.3, -0.25) is 0 Å². The second-order valence-corrected chi connectivity index (χ2v) is 22.7. The molecule has 7 nitrogen and oxygen atoms in total. The minimum atomic E-state index is -0.465. The van der Waals surface area contributed by atoms with E-state index in [1.165, 1.54) is 0 Å². The molecule has 0 radical (unpaired) electrons. The zero-order valence-corrected chi connectivity index (χ0v) is 32.2. The van der Waals surface area contributed by atoms with E-state index in [4.69, 9.17) is 11.5 Å². The van der Waals surface area contributed by atoms with Crippen molar-refractivity contribution in [2.45, 2.75) is 181 Å². The van der Waals surface area contributed by atoms with E-state index in [1.54, 1.807) is 0 Å². The normalized spacial score (nSPS) is 57.9. The standard InChI is InChI=1S/C42H73N3O4/c1-37(2)17-41(19-39(5,6)23-13-27(43)31(48)15-25(23)41)33-21(37)9-11-29(46)35(33)45-36-30(47)12-10-22-34(36)42(18-38(22,3)4)20-40(7,8)24-14-28(44)32(49)16-26(24)42/h21-36,45-49H,9-20,43-44H2,1-8H3. The van der Waals surface area contributed by atoms with Crippen LogP contribution in [0.15, 0.2) is 0 Å². The van der Waals surface area contributed by atoms with Gasteiger partial charge in [0.2, 0.25) is 0 Å². The summed E-state index contributed by atoms with van der Waals surface area (Å²) < 4.78 is 0. The Morgan fingerprint density at radius 1 is 0.429 bits per heavy atom. The van der Waals surface area contributed by atoms with Crippen molar-refractivity contribution in [3.05, 3.63) is 0 Å². The van der Waals surface area contributed by atoms with Crippen molar-refractivity contribution in [1.29, 1.82) is 0 Å². The summed E-state index contributed by atoms with van der Waals surface area (Å²) in [6.07, 6.45) is 9.70. The van der Waals surface area contributed by atoms with Crippen LogP contribution >= 0.6 is 0 Å². The molecule has 0 amide bonds. The lowest BCUT2D eigenvalue weighted by molar-refractivity contribution is -0.0857. The first-order valence-corrected chi connectivity index (χ1v) is 20.6. The van der Waals surface area contributed by atoms with Crippen LogP contribution < -0.4 is 16.8 Å². The van der Waals surface area contributed by atoms with Gasteiger partial charge in [0.1, 0.15) is 0 Å². The third-order valence-electron chi connectivity index (χ3n) is 18.4. The van der Waals surface area contributed by atoms with Gasteiger partial charge in [-0.15, -0.1) is 0 Å². The second kappa shape index (κ2) is 11.1. The maximum Gasteiger partial charge on any atom is 0.0696 e. The molecular weight excluding hydrogens is 610 g/mol. The third kappa shape index (κ3) is 4.97. The van der Waals surface area contributed by atoms with Gasteiger partial charge >= 0.3 is 0 Å². The van der Waals surface area contributed by atoms with Crippen molar-refractivity contribution in [2.75, 3.05) is 0 Å². The minimum absolute atomic E-state index is 0.0260. The first kappa shape index (κ1) is 35.7. The highest BCUT2D eigenvalue weighted by Gasteiger charge is 2.73. The molecular formula is C42H73N3O4. The molecule has 8 saturated carbocycles. The molecule has 0 heterocycles. The summed E-state index contributed by atoms with van der Waals surface area (Å²) >= 11 is 0. The Balaban J connectivity index is 1.21. The molecule has 8 aliphatic carbocycles. The first-order valence-electron chi connectivity index (χ1n) is 20.6. The highest BCUT2D eigenvalue weighted by Crippen LogP contribution is 2.77. The molecule has 8 fully saturated rings. The van der Waals surface area contributed by atoms with E-state index in [9.17, 15) is 20.4 Å². The number of rotatable bonds is 2. The summed E-state index contributed by atoms with van der Waals surface area (Å²) in [6.45, 7) is 19.8. The van der Waals surface area contributed by atoms with Crippen LogP contribution in [0.25, 0.3) is 0 Å². The lowest BCUT2D eigenvalue weighted by Crippen LogP contribution is -2.65. The molecule has 7 heteroatoms. The van der Waals surface area contributed by atoms with Crippen LogP contribution in [-0.2, 0) is 0 Å². The van der Waals surface area contributed by atoms with Gasteiger partial charge in [-0.05, 0) is 157 Å². The number of nitrogens with one attached hydrogen (secondary N) is 1. The molecule has 0 bridgehead atoms. The van der Waals surface area contributed by atoms with Gasteiger partial charge in [0.15, 0.2) is 0 Å². The van der Waals surface area contributed by atoms with Crippen molar-refractivity contribution in [3.63, 3.8) is 0 Å². The zero-order valence-electron chi connectivity index (χ0n) is 32.2. The molecule has 0 saturated heterocycles.